The predicted octanol–water partition coefficient (Wildman–Crippen LogP) is 3.67. The summed E-state index contributed by atoms with van der Waals surface area (Å²) in [5.41, 5.74) is 3.50. The highest BCUT2D eigenvalue weighted by Gasteiger charge is 2.02. The Kier molecular flexibility index (Phi) is 8.58. The van der Waals surface area contributed by atoms with E-state index in [2.05, 4.69) is 66.0 Å². The number of hydrogen-bond donors (Lipinski definition) is 2. The van der Waals surface area contributed by atoms with Crippen molar-refractivity contribution in [2.75, 3.05) is 13.1 Å². The molecule has 2 rings (SSSR count). The lowest BCUT2D eigenvalue weighted by atomic mass is 10.1. The fourth-order valence-electron chi connectivity index (χ4n) is 2.42. The van der Waals surface area contributed by atoms with E-state index in [1.807, 2.05) is 6.92 Å². The molecule has 0 amide bonds. The standard InChI is InChI=1S/C20H30N4OS/c1-5-21-20(22-10-9-19-14-26-16(4)24-19)23-12-17-7-6-8-18(11-17)13-25-15(2)3/h6-8,11,14-15H,5,9-10,12-13H2,1-4H3,(H2,21,22,23). The van der Waals surface area contributed by atoms with Crippen molar-refractivity contribution in [1.29, 1.82) is 0 Å². The van der Waals surface area contributed by atoms with E-state index in [0.29, 0.717) is 13.2 Å². The molecule has 1 aromatic heterocycles. The zero-order valence-electron chi connectivity index (χ0n) is 16.2. The van der Waals surface area contributed by atoms with E-state index in [1.165, 1.54) is 11.1 Å². The van der Waals surface area contributed by atoms with E-state index in [9.17, 15) is 0 Å². The van der Waals surface area contributed by atoms with Gasteiger partial charge in [-0.1, -0.05) is 24.3 Å². The maximum absolute atomic E-state index is 5.68. The Morgan fingerprint density at radius 2 is 2.08 bits per heavy atom. The molecule has 0 fully saturated rings. The Bertz CT molecular complexity index is 697. The van der Waals surface area contributed by atoms with Crippen LogP contribution in [0.3, 0.4) is 0 Å². The van der Waals surface area contributed by atoms with Crippen LogP contribution >= 0.6 is 11.3 Å². The molecule has 5 nitrogen and oxygen atoms in total. The molecule has 0 aliphatic rings. The van der Waals surface area contributed by atoms with Gasteiger partial charge in [-0.2, -0.15) is 0 Å². The van der Waals surface area contributed by atoms with Crippen molar-refractivity contribution in [1.82, 2.24) is 15.6 Å². The highest BCUT2D eigenvalue weighted by atomic mass is 32.1. The summed E-state index contributed by atoms with van der Waals surface area (Å²) in [6, 6.07) is 8.42. The average Bonchev–Trinajstić information content (AvgIpc) is 3.03. The first-order chi connectivity index (χ1) is 12.6. The van der Waals surface area contributed by atoms with Gasteiger partial charge >= 0.3 is 0 Å². The summed E-state index contributed by atoms with van der Waals surface area (Å²) in [6.07, 6.45) is 1.14. The van der Waals surface area contributed by atoms with Crippen LogP contribution < -0.4 is 10.6 Å². The number of rotatable bonds is 9. The van der Waals surface area contributed by atoms with Gasteiger partial charge in [0.15, 0.2) is 5.96 Å². The third kappa shape index (κ3) is 7.54. The van der Waals surface area contributed by atoms with Gasteiger partial charge in [0.1, 0.15) is 0 Å². The molecule has 0 saturated carbocycles. The van der Waals surface area contributed by atoms with Crippen molar-refractivity contribution in [3.05, 3.63) is 51.5 Å². The van der Waals surface area contributed by atoms with Crippen molar-refractivity contribution in [3.8, 4) is 0 Å². The number of nitrogens with one attached hydrogen (secondary N) is 2. The minimum atomic E-state index is 0.239. The molecule has 0 aliphatic heterocycles. The van der Waals surface area contributed by atoms with Crippen LogP contribution in [0, 0.1) is 6.92 Å². The van der Waals surface area contributed by atoms with Gasteiger partial charge in [-0.05, 0) is 38.8 Å². The normalized spacial score (nSPS) is 11.8. The Labute approximate surface area is 160 Å². The summed E-state index contributed by atoms with van der Waals surface area (Å²) < 4.78 is 5.68. The molecular weight excluding hydrogens is 344 g/mol. The van der Waals surface area contributed by atoms with Gasteiger partial charge in [0.05, 0.1) is 30.0 Å². The van der Waals surface area contributed by atoms with Gasteiger partial charge in [0.25, 0.3) is 0 Å². The van der Waals surface area contributed by atoms with E-state index < -0.39 is 0 Å². The summed E-state index contributed by atoms with van der Waals surface area (Å²) in [5.74, 6) is 0.836. The molecule has 0 radical (unpaired) electrons. The quantitative estimate of drug-likeness (QED) is 0.519. The lowest BCUT2D eigenvalue weighted by Gasteiger charge is -2.11. The SMILES string of the molecule is CCNC(=NCc1cccc(COC(C)C)c1)NCCc1csc(C)n1. The molecule has 2 aromatic rings. The molecule has 0 bridgehead atoms. The fraction of sp³-hybridized carbons (Fsp3) is 0.500. The van der Waals surface area contributed by atoms with Crippen LogP contribution in [-0.2, 0) is 24.3 Å². The van der Waals surface area contributed by atoms with Crippen LogP contribution in [0.4, 0.5) is 0 Å². The maximum Gasteiger partial charge on any atom is 0.191 e. The smallest absolute Gasteiger partial charge is 0.191 e. The van der Waals surface area contributed by atoms with Crippen molar-refractivity contribution >= 4 is 17.3 Å². The molecule has 6 heteroatoms. The lowest BCUT2D eigenvalue weighted by Crippen LogP contribution is -2.38. The predicted molar refractivity (Wildman–Crippen MR) is 110 cm³/mol. The number of benzene rings is 1. The third-order valence-corrected chi connectivity index (χ3v) is 4.50. The number of ether oxygens (including phenoxy) is 1. The summed E-state index contributed by atoms with van der Waals surface area (Å²) in [4.78, 5) is 9.19. The van der Waals surface area contributed by atoms with E-state index in [1.54, 1.807) is 11.3 Å². The molecule has 0 saturated heterocycles. The first kappa shape index (κ1) is 20.4. The molecular formula is C20H30N4OS. The van der Waals surface area contributed by atoms with Crippen molar-refractivity contribution < 1.29 is 4.74 Å². The van der Waals surface area contributed by atoms with Crippen LogP contribution in [0.15, 0.2) is 34.6 Å². The van der Waals surface area contributed by atoms with Gasteiger partial charge < -0.3 is 15.4 Å². The molecule has 0 aliphatic carbocycles. The first-order valence-electron chi connectivity index (χ1n) is 9.19. The number of hydrogen-bond acceptors (Lipinski definition) is 4. The van der Waals surface area contributed by atoms with Crippen LogP contribution in [0.25, 0.3) is 0 Å². The van der Waals surface area contributed by atoms with E-state index in [4.69, 9.17) is 9.73 Å². The zero-order chi connectivity index (χ0) is 18.8. The summed E-state index contributed by atoms with van der Waals surface area (Å²) in [5, 5.41) is 9.91. The van der Waals surface area contributed by atoms with E-state index >= 15 is 0 Å². The molecule has 26 heavy (non-hydrogen) atoms. The Balaban J connectivity index is 1.88. The number of aromatic nitrogens is 1. The van der Waals surface area contributed by atoms with E-state index in [0.717, 1.165) is 36.2 Å². The molecule has 0 spiro atoms. The van der Waals surface area contributed by atoms with Gasteiger partial charge in [0.2, 0.25) is 0 Å². The van der Waals surface area contributed by atoms with Crippen molar-refractivity contribution in [2.45, 2.75) is 53.4 Å². The molecule has 0 atom stereocenters. The summed E-state index contributed by atoms with van der Waals surface area (Å²) >= 11 is 1.69. The largest absolute Gasteiger partial charge is 0.374 e. The first-order valence-corrected chi connectivity index (χ1v) is 10.1. The highest BCUT2D eigenvalue weighted by molar-refractivity contribution is 7.09. The van der Waals surface area contributed by atoms with Gasteiger partial charge in [-0.25, -0.2) is 9.98 Å². The number of nitrogens with zero attached hydrogens (tertiary/aromatic N) is 2. The van der Waals surface area contributed by atoms with Crippen molar-refractivity contribution in [2.24, 2.45) is 4.99 Å². The molecule has 1 aromatic carbocycles. The van der Waals surface area contributed by atoms with Crippen molar-refractivity contribution in [3.63, 3.8) is 0 Å². The number of guanidine groups is 1. The van der Waals surface area contributed by atoms with E-state index in [-0.39, 0.29) is 6.10 Å². The highest BCUT2D eigenvalue weighted by Crippen LogP contribution is 2.09. The maximum atomic E-state index is 5.68. The molecule has 2 N–H and O–H groups in total. The topological polar surface area (TPSA) is 58.5 Å². The second-order valence-corrected chi connectivity index (χ2v) is 7.47. The van der Waals surface area contributed by atoms with Crippen LogP contribution in [0.2, 0.25) is 0 Å². The zero-order valence-corrected chi connectivity index (χ0v) is 17.0. The average molecular weight is 375 g/mol. The second kappa shape index (κ2) is 10.9. The molecule has 142 valence electrons. The van der Waals surface area contributed by atoms with Crippen LogP contribution in [0.1, 0.15) is 42.6 Å². The van der Waals surface area contributed by atoms with Crippen LogP contribution in [-0.4, -0.2) is 30.1 Å². The minimum Gasteiger partial charge on any atom is -0.374 e. The van der Waals surface area contributed by atoms with Gasteiger partial charge in [0, 0.05) is 24.9 Å². The number of aliphatic imine (C=N–C) groups is 1. The Morgan fingerprint density at radius 3 is 2.77 bits per heavy atom. The monoisotopic (exact) mass is 374 g/mol. The summed E-state index contributed by atoms with van der Waals surface area (Å²) in [7, 11) is 0. The van der Waals surface area contributed by atoms with Gasteiger partial charge in [-0.3, -0.25) is 0 Å². The third-order valence-electron chi connectivity index (χ3n) is 3.68. The number of thiazole rings is 1. The van der Waals surface area contributed by atoms with Gasteiger partial charge in [-0.15, -0.1) is 11.3 Å². The molecule has 1 heterocycles. The Morgan fingerprint density at radius 1 is 1.27 bits per heavy atom. The Hall–Kier alpha value is -1.92. The minimum absolute atomic E-state index is 0.239. The molecule has 0 unspecified atom stereocenters. The number of aryl methyl sites for hydroxylation is 1. The summed E-state index contributed by atoms with van der Waals surface area (Å²) in [6.45, 7) is 11.1. The fourth-order valence-corrected chi connectivity index (χ4v) is 3.07. The van der Waals surface area contributed by atoms with Crippen LogP contribution in [0.5, 0.6) is 0 Å². The lowest BCUT2D eigenvalue weighted by molar-refractivity contribution is 0.0657. The second-order valence-electron chi connectivity index (χ2n) is 6.41.